The lowest BCUT2D eigenvalue weighted by Gasteiger charge is -2.19. The van der Waals surface area contributed by atoms with Crippen molar-refractivity contribution < 1.29 is 9.59 Å². The second-order valence-electron chi connectivity index (χ2n) is 5.57. The third-order valence-electron chi connectivity index (χ3n) is 3.28. The number of nitrogens with zero attached hydrogens (tertiary/aromatic N) is 2. The van der Waals surface area contributed by atoms with Crippen molar-refractivity contribution in [2.45, 2.75) is 31.2 Å². The minimum absolute atomic E-state index is 0.0348. The second kappa shape index (κ2) is 8.55. The van der Waals surface area contributed by atoms with Crippen LogP contribution in [0, 0.1) is 9.87 Å². The Labute approximate surface area is 154 Å². The molecule has 2 aromatic rings. The minimum Gasteiger partial charge on any atom is -0.345 e. The van der Waals surface area contributed by atoms with Crippen molar-refractivity contribution in [1.29, 1.82) is 0 Å². The quantitative estimate of drug-likeness (QED) is 0.587. The Bertz CT molecular complexity index is 768. The van der Waals surface area contributed by atoms with Gasteiger partial charge in [0.25, 0.3) is 0 Å². The van der Waals surface area contributed by atoms with Crippen molar-refractivity contribution >= 4 is 47.0 Å². The number of carbonyl (C=O) groups is 2. The Kier molecular flexibility index (Phi) is 6.70. The van der Waals surface area contributed by atoms with Crippen LogP contribution < -0.4 is 5.32 Å². The Morgan fingerprint density at radius 3 is 2.58 bits per heavy atom. The summed E-state index contributed by atoms with van der Waals surface area (Å²) >= 11 is 8.02. The van der Waals surface area contributed by atoms with Crippen molar-refractivity contribution in [2.24, 2.45) is 5.92 Å². The summed E-state index contributed by atoms with van der Waals surface area (Å²) in [6, 6.07) is 9.18. The van der Waals surface area contributed by atoms with Gasteiger partial charge < -0.3 is 5.32 Å². The molecule has 0 saturated heterocycles. The van der Waals surface area contributed by atoms with Gasteiger partial charge in [0.2, 0.25) is 5.91 Å². The molecule has 8 heteroatoms. The van der Waals surface area contributed by atoms with Crippen molar-refractivity contribution in [3.63, 3.8) is 0 Å². The molecule has 0 unspecified atom stereocenters. The van der Waals surface area contributed by atoms with Gasteiger partial charge in [0.05, 0.1) is 17.5 Å². The van der Waals surface area contributed by atoms with E-state index < -0.39 is 6.04 Å². The van der Waals surface area contributed by atoms with E-state index in [0.29, 0.717) is 3.95 Å². The number of nitrogens with one attached hydrogen (secondary N) is 1. The summed E-state index contributed by atoms with van der Waals surface area (Å²) in [7, 11) is 0. The molecule has 0 spiro atoms. The summed E-state index contributed by atoms with van der Waals surface area (Å²) in [4.78, 5) is 23.6. The number of amides is 1. The van der Waals surface area contributed by atoms with Crippen molar-refractivity contribution in [1.82, 2.24) is 15.1 Å². The van der Waals surface area contributed by atoms with Gasteiger partial charge in [-0.05, 0) is 37.2 Å². The van der Waals surface area contributed by atoms with E-state index in [1.165, 1.54) is 30.0 Å². The van der Waals surface area contributed by atoms with E-state index in [2.05, 4.69) is 10.4 Å². The number of Topliss-reactive ketones (excluding diaryl/α,β-unsaturated/α-hetero) is 1. The Hall–Kier alpha value is -1.51. The highest BCUT2D eigenvalue weighted by Crippen LogP contribution is 2.23. The first kappa shape index (κ1) is 18.8. The summed E-state index contributed by atoms with van der Waals surface area (Å²) in [5, 5.41) is 7.22. The van der Waals surface area contributed by atoms with Gasteiger partial charge in [-0.25, -0.2) is 4.68 Å². The Morgan fingerprint density at radius 2 is 2.00 bits per heavy atom. The van der Waals surface area contributed by atoms with Crippen LogP contribution in [0.3, 0.4) is 0 Å². The number of ketones is 1. The predicted octanol–water partition coefficient (Wildman–Crippen LogP) is 3.49. The van der Waals surface area contributed by atoms with Crippen molar-refractivity contribution in [2.75, 3.05) is 5.75 Å². The lowest BCUT2D eigenvalue weighted by molar-refractivity contribution is -0.126. The van der Waals surface area contributed by atoms with Crippen LogP contribution >= 0.6 is 35.3 Å². The second-order valence-corrected chi connectivity index (χ2v) is 8.41. The number of hydrogen-bond donors (Lipinski definition) is 1. The number of carbonyl (C=O) groups excluding carboxylic acids is 2. The fraction of sp³-hybridized carbons (Fsp3) is 0.375. The molecule has 0 aliphatic carbocycles. The molecule has 1 heterocycles. The maximum Gasteiger partial charge on any atom is 0.231 e. The monoisotopic (exact) mass is 381 g/mol. The maximum atomic E-state index is 12.1. The van der Waals surface area contributed by atoms with Crippen LogP contribution in [0.2, 0.25) is 0 Å². The number of hydrogen-bond acceptors (Lipinski definition) is 6. The molecule has 24 heavy (non-hydrogen) atoms. The van der Waals surface area contributed by atoms with Gasteiger partial charge in [0, 0.05) is 0 Å². The zero-order chi connectivity index (χ0) is 17.7. The summed E-state index contributed by atoms with van der Waals surface area (Å²) in [5.41, 5.74) is 0.895. The molecule has 1 atom stereocenters. The van der Waals surface area contributed by atoms with Gasteiger partial charge in [-0.3, -0.25) is 9.59 Å². The molecule has 1 aromatic heterocycles. The highest BCUT2D eigenvalue weighted by atomic mass is 32.2. The van der Waals surface area contributed by atoms with Gasteiger partial charge in [-0.1, -0.05) is 55.1 Å². The predicted molar refractivity (Wildman–Crippen MR) is 100 cm³/mol. The molecule has 1 N–H and O–H groups in total. The summed E-state index contributed by atoms with van der Waals surface area (Å²) in [6.07, 6.45) is 0. The SMILES string of the molecule is CC(=O)[C@H](NC(=O)CSc1nn(-c2ccccc2)c(=S)s1)C(C)C. The first-order valence-corrected chi connectivity index (χ1v) is 9.67. The Balaban J connectivity index is 1.99. The summed E-state index contributed by atoms with van der Waals surface area (Å²) in [6.45, 7) is 5.31. The molecule has 1 amide bonds. The fourth-order valence-electron chi connectivity index (χ4n) is 2.13. The average molecular weight is 382 g/mol. The Morgan fingerprint density at radius 1 is 1.33 bits per heavy atom. The van der Waals surface area contributed by atoms with Crippen LogP contribution in [0.25, 0.3) is 5.69 Å². The molecule has 2 rings (SSSR count). The van der Waals surface area contributed by atoms with Gasteiger partial charge >= 0.3 is 0 Å². The largest absolute Gasteiger partial charge is 0.345 e. The van der Waals surface area contributed by atoms with Crippen LogP contribution in [-0.4, -0.2) is 33.3 Å². The summed E-state index contributed by atoms with van der Waals surface area (Å²) in [5.74, 6) is 0.0533. The van der Waals surface area contributed by atoms with Crippen LogP contribution in [-0.2, 0) is 9.59 Å². The van der Waals surface area contributed by atoms with E-state index in [1.54, 1.807) is 4.68 Å². The van der Waals surface area contributed by atoms with Crippen LogP contribution in [0.5, 0.6) is 0 Å². The van der Waals surface area contributed by atoms with E-state index in [4.69, 9.17) is 12.2 Å². The zero-order valence-corrected chi connectivity index (χ0v) is 16.1. The molecule has 0 aliphatic rings. The molecule has 0 aliphatic heterocycles. The number of thioether (sulfide) groups is 1. The lowest BCUT2D eigenvalue weighted by atomic mass is 10.0. The van der Waals surface area contributed by atoms with E-state index in [9.17, 15) is 9.59 Å². The number of aromatic nitrogens is 2. The van der Waals surface area contributed by atoms with Crippen LogP contribution in [0.4, 0.5) is 0 Å². The first-order valence-electron chi connectivity index (χ1n) is 7.46. The van der Waals surface area contributed by atoms with Crippen molar-refractivity contribution in [3.05, 3.63) is 34.3 Å². The molecule has 5 nitrogen and oxygen atoms in total. The number of benzene rings is 1. The molecule has 128 valence electrons. The molecule has 0 bridgehead atoms. The number of para-hydroxylation sites is 1. The average Bonchev–Trinajstić information content (AvgIpc) is 2.92. The normalized spacial score (nSPS) is 12.2. The van der Waals surface area contributed by atoms with Gasteiger partial charge in [-0.2, -0.15) is 0 Å². The van der Waals surface area contributed by atoms with E-state index in [-0.39, 0.29) is 23.4 Å². The molecule has 0 fully saturated rings. The highest BCUT2D eigenvalue weighted by Gasteiger charge is 2.20. The zero-order valence-electron chi connectivity index (χ0n) is 13.7. The van der Waals surface area contributed by atoms with E-state index in [1.807, 2.05) is 44.2 Å². The molecular weight excluding hydrogens is 362 g/mol. The van der Waals surface area contributed by atoms with E-state index in [0.717, 1.165) is 10.0 Å². The maximum absolute atomic E-state index is 12.1. The highest BCUT2D eigenvalue weighted by molar-refractivity contribution is 8.01. The third kappa shape index (κ3) is 4.99. The molecule has 1 aromatic carbocycles. The fourth-order valence-corrected chi connectivity index (χ4v) is 4.30. The van der Waals surface area contributed by atoms with E-state index >= 15 is 0 Å². The van der Waals surface area contributed by atoms with Crippen molar-refractivity contribution in [3.8, 4) is 5.69 Å². The molecule has 0 saturated carbocycles. The van der Waals surface area contributed by atoms with Gasteiger partial charge in [0.1, 0.15) is 0 Å². The summed E-state index contributed by atoms with van der Waals surface area (Å²) < 4.78 is 3.04. The van der Waals surface area contributed by atoms with Gasteiger partial charge in [-0.15, -0.1) is 5.10 Å². The topological polar surface area (TPSA) is 64.0 Å². The molecule has 0 radical (unpaired) electrons. The number of rotatable bonds is 7. The molecular formula is C16H19N3O2S3. The van der Waals surface area contributed by atoms with Gasteiger partial charge in [0.15, 0.2) is 14.1 Å². The van der Waals surface area contributed by atoms with Crippen LogP contribution in [0.15, 0.2) is 34.7 Å². The minimum atomic E-state index is -0.446. The van der Waals surface area contributed by atoms with Crippen LogP contribution in [0.1, 0.15) is 20.8 Å². The standard InChI is InChI=1S/C16H19N3O2S3/c1-10(2)14(11(3)20)17-13(21)9-23-15-18-19(16(22)24-15)12-7-5-4-6-8-12/h4-8,10,14H,9H2,1-3H3,(H,17,21)/t14-/m1/s1. The third-order valence-corrected chi connectivity index (χ3v) is 5.64. The smallest absolute Gasteiger partial charge is 0.231 e. The first-order chi connectivity index (χ1) is 11.4. The lowest BCUT2D eigenvalue weighted by Crippen LogP contribution is -2.44.